The zero-order valence-corrected chi connectivity index (χ0v) is 9.63. The maximum absolute atomic E-state index is 11.6. The summed E-state index contributed by atoms with van der Waals surface area (Å²) in [6, 6.07) is 0. The number of aliphatic hydroxyl groups excluding tert-OH is 1. The topological polar surface area (TPSA) is 52.6 Å². The Bertz CT molecular complexity index is 225. The Morgan fingerprint density at radius 1 is 1.40 bits per heavy atom. The third-order valence-electron chi connectivity index (χ3n) is 2.94. The average Bonchev–Trinajstić information content (AvgIpc) is 2.23. The standard InChI is InChI=1S/C10H18N2O2S/c13-8-5-12(6-8)10(14)7-15-9-1-3-11-4-2-9/h8-9,11,13H,1-7H2. The summed E-state index contributed by atoms with van der Waals surface area (Å²) in [6.45, 7) is 3.22. The van der Waals surface area contributed by atoms with Crippen LogP contribution in [0.1, 0.15) is 12.8 Å². The largest absolute Gasteiger partial charge is 0.389 e. The fraction of sp³-hybridized carbons (Fsp3) is 0.900. The number of amides is 1. The first-order valence-electron chi connectivity index (χ1n) is 5.54. The molecule has 0 saturated carbocycles. The van der Waals surface area contributed by atoms with Crippen LogP contribution in [0.25, 0.3) is 0 Å². The molecule has 0 aliphatic carbocycles. The molecule has 2 aliphatic rings. The van der Waals surface area contributed by atoms with Gasteiger partial charge in [-0.25, -0.2) is 0 Å². The number of carbonyl (C=O) groups is 1. The first-order chi connectivity index (χ1) is 7.25. The summed E-state index contributed by atoms with van der Waals surface area (Å²) >= 11 is 1.77. The summed E-state index contributed by atoms with van der Waals surface area (Å²) in [5.41, 5.74) is 0. The third kappa shape index (κ3) is 3.09. The van der Waals surface area contributed by atoms with E-state index in [0.29, 0.717) is 24.1 Å². The molecule has 1 amide bonds. The number of nitrogens with zero attached hydrogens (tertiary/aromatic N) is 1. The summed E-state index contributed by atoms with van der Waals surface area (Å²) in [7, 11) is 0. The highest BCUT2D eigenvalue weighted by molar-refractivity contribution is 8.00. The fourth-order valence-corrected chi connectivity index (χ4v) is 3.03. The number of likely N-dealkylation sites (tertiary alicyclic amines) is 1. The van der Waals surface area contributed by atoms with E-state index in [1.165, 1.54) is 12.8 Å². The van der Waals surface area contributed by atoms with Crippen molar-refractivity contribution in [2.24, 2.45) is 0 Å². The Morgan fingerprint density at radius 3 is 2.67 bits per heavy atom. The monoisotopic (exact) mass is 230 g/mol. The molecule has 2 rings (SSSR count). The molecule has 86 valence electrons. The molecule has 0 aromatic carbocycles. The van der Waals surface area contributed by atoms with Crippen LogP contribution >= 0.6 is 11.8 Å². The molecule has 0 bridgehead atoms. The molecule has 2 heterocycles. The van der Waals surface area contributed by atoms with Crippen molar-refractivity contribution in [3.05, 3.63) is 0 Å². The van der Waals surface area contributed by atoms with E-state index in [0.717, 1.165) is 13.1 Å². The minimum atomic E-state index is -0.280. The maximum Gasteiger partial charge on any atom is 0.232 e. The average molecular weight is 230 g/mol. The summed E-state index contributed by atoms with van der Waals surface area (Å²) in [5, 5.41) is 13.0. The van der Waals surface area contributed by atoms with Crippen LogP contribution < -0.4 is 5.32 Å². The van der Waals surface area contributed by atoms with Gasteiger partial charge in [0.1, 0.15) is 0 Å². The number of hydrogen-bond acceptors (Lipinski definition) is 4. The number of piperidine rings is 1. The lowest BCUT2D eigenvalue weighted by atomic mass is 10.2. The molecular formula is C10H18N2O2S. The minimum Gasteiger partial charge on any atom is -0.389 e. The van der Waals surface area contributed by atoms with Crippen LogP contribution in [-0.2, 0) is 4.79 Å². The van der Waals surface area contributed by atoms with Gasteiger partial charge in [0.2, 0.25) is 5.91 Å². The van der Waals surface area contributed by atoms with Gasteiger partial charge in [-0.05, 0) is 25.9 Å². The molecule has 0 aromatic rings. The fourth-order valence-electron chi connectivity index (χ4n) is 1.90. The number of β-amino-alcohol motifs (C(OH)–C–C–N with tert-alkyl or cyclic N) is 1. The van der Waals surface area contributed by atoms with E-state index in [1.807, 2.05) is 0 Å². The molecule has 0 spiro atoms. The molecule has 2 N–H and O–H groups in total. The van der Waals surface area contributed by atoms with Gasteiger partial charge in [-0.2, -0.15) is 0 Å². The third-order valence-corrected chi connectivity index (χ3v) is 4.30. The van der Waals surface area contributed by atoms with Crippen LogP contribution in [0.3, 0.4) is 0 Å². The molecular weight excluding hydrogens is 212 g/mol. The zero-order valence-electron chi connectivity index (χ0n) is 8.82. The SMILES string of the molecule is O=C(CSC1CCNCC1)N1CC(O)C1. The van der Waals surface area contributed by atoms with Crippen molar-refractivity contribution in [2.75, 3.05) is 31.9 Å². The molecule has 0 unspecified atom stereocenters. The Balaban J connectivity index is 1.62. The van der Waals surface area contributed by atoms with Crippen LogP contribution in [0, 0.1) is 0 Å². The van der Waals surface area contributed by atoms with Crippen LogP contribution in [0.5, 0.6) is 0 Å². The van der Waals surface area contributed by atoms with Crippen molar-refractivity contribution in [2.45, 2.75) is 24.2 Å². The summed E-state index contributed by atoms with van der Waals surface area (Å²) in [5.74, 6) is 0.765. The lowest BCUT2D eigenvalue weighted by molar-refractivity contribution is -0.138. The summed E-state index contributed by atoms with van der Waals surface area (Å²) in [4.78, 5) is 13.3. The number of rotatable bonds is 3. The van der Waals surface area contributed by atoms with Gasteiger partial charge in [0, 0.05) is 18.3 Å². The predicted octanol–water partition coefficient (Wildman–Crippen LogP) is -0.325. The maximum atomic E-state index is 11.6. The van der Waals surface area contributed by atoms with Crippen molar-refractivity contribution in [3.8, 4) is 0 Å². The highest BCUT2D eigenvalue weighted by Gasteiger charge is 2.28. The van der Waals surface area contributed by atoms with Crippen molar-refractivity contribution in [1.29, 1.82) is 0 Å². The number of hydrogen-bond donors (Lipinski definition) is 2. The Hall–Kier alpha value is -0.260. The van der Waals surface area contributed by atoms with Gasteiger partial charge in [0.05, 0.1) is 11.9 Å². The van der Waals surface area contributed by atoms with Crippen molar-refractivity contribution in [1.82, 2.24) is 10.2 Å². The summed E-state index contributed by atoms with van der Waals surface area (Å²) < 4.78 is 0. The van der Waals surface area contributed by atoms with Gasteiger partial charge in [-0.1, -0.05) is 0 Å². The summed E-state index contributed by atoms with van der Waals surface area (Å²) in [6.07, 6.45) is 2.05. The first kappa shape index (κ1) is 11.2. The normalized spacial score (nSPS) is 23.9. The molecule has 0 radical (unpaired) electrons. The number of nitrogens with one attached hydrogen (secondary N) is 1. The molecule has 0 aromatic heterocycles. The second kappa shape index (κ2) is 5.18. The van der Waals surface area contributed by atoms with Crippen molar-refractivity contribution in [3.63, 3.8) is 0 Å². The van der Waals surface area contributed by atoms with Crippen LogP contribution in [-0.4, -0.2) is 59.2 Å². The van der Waals surface area contributed by atoms with Crippen LogP contribution in [0.2, 0.25) is 0 Å². The molecule has 2 aliphatic heterocycles. The second-order valence-electron chi connectivity index (χ2n) is 4.21. The van der Waals surface area contributed by atoms with E-state index < -0.39 is 0 Å². The van der Waals surface area contributed by atoms with E-state index in [-0.39, 0.29) is 12.0 Å². The van der Waals surface area contributed by atoms with E-state index in [2.05, 4.69) is 5.32 Å². The van der Waals surface area contributed by atoms with Crippen molar-refractivity contribution < 1.29 is 9.90 Å². The van der Waals surface area contributed by atoms with E-state index in [9.17, 15) is 4.79 Å². The lowest BCUT2D eigenvalue weighted by Crippen LogP contribution is -2.54. The molecule has 5 heteroatoms. The Labute approximate surface area is 94.4 Å². The van der Waals surface area contributed by atoms with Gasteiger partial charge in [-0.3, -0.25) is 4.79 Å². The van der Waals surface area contributed by atoms with E-state index >= 15 is 0 Å². The van der Waals surface area contributed by atoms with E-state index in [1.54, 1.807) is 16.7 Å². The number of thioether (sulfide) groups is 1. The van der Waals surface area contributed by atoms with Crippen LogP contribution in [0.15, 0.2) is 0 Å². The van der Waals surface area contributed by atoms with E-state index in [4.69, 9.17) is 5.11 Å². The predicted molar refractivity (Wildman–Crippen MR) is 60.9 cm³/mol. The molecule has 2 saturated heterocycles. The van der Waals surface area contributed by atoms with Gasteiger partial charge in [0.25, 0.3) is 0 Å². The van der Waals surface area contributed by atoms with Crippen LogP contribution in [0.4, 0.5) is 0 Å². The minimum absolute atomic E-state index is 0.184. The van der Waals surface area contributed by atoms with Gasteiger partial charge >= 0.3 is 0 Å². The lowest BCUT2D eigenvalue weighted by Gasteiger charge is -2.36. The highest BCUT2D eigenvalue weighted by atomic mass is 32.2. The first-order valence-corrected chi connectivity index (χ1v) is 6.59. The molecule has 15 heavy (non-hydrogen) atoms. The molecule has 2 fully saturated rings. The Kier molecular flexibility index (Phi) is 3.88. The van der Waals surface area contributed by atoms with Gasteiger partial charge in [-0.15, -0.1) is 11.8 Å². The smallest absolute Gasteiger partial charge is 0.232 e. The Morgan fingerprint density at radius 2 is 2.07 bits per heavy atom. The van der Waals surface area contributed by atoms with Gasteiger partial charge in [0.15, 0.2) is 0 Å². The molecule has 4 nitrogen and oxygen atoms in total. The number of carbonyl (C=O) groups excluding carboxylic acids is 1. The van der Waals surface area contributed by atoms with Crippen molar-refractivity contribution >= 4 is 17.7 Å². The molecule has 0 atom stereocenters. The quantitative estimate of drug-likeness (QED) is 0.697. The number of aliphatic hydroxyl groups is 1. The zero-order chi connectivity index (χ0) is 10.7. The second-order valence-corrected chi connectivity index (χ2v) is 5.50. The highest BCUT2D eigenvalue weighted by Crippen LogP contribution is 2.21. The van der Waals surface area contributed by atoms with Gasteiger partial charge < -0.3 is 15.3 Å².